The third-order valence-electron chi connectivity index (χ3n) is 2.56. The van der Waals surface area contributed by atoms with Crippen molar-refractivity contribution in [3.8, 4) is 0 Å². The topological polar surface area (TPSA) is 0 Å². The molecule has 0 heterocycles. The van der Waals surface area contributed by atoms with Gasteiger partial charge in [0.05, 0.1) is 0 Å². The highest BCUT2D eigenvalue weighted by molar-refractivity contribution is 5.22. The maximum atomic E-state index is 3.80. The number of hydrogen-bond donors (Lipinski definition) is 0. The minimum Gasteiger partial charge on any atom is -0.0816 e. The first-order chi connectivity index (χ1) is 7.56. The molecule has 0 atom stereocenters. The van der Waals surface area contributed by atoms with Gasteiger partial charge in [-0.2, -0.15) is 0 Å². The van der Waals surface area contributed by atoms with E-state index in [2.05, 4.69) is 58.9 Å². The molecule has 0 aromatic heterocycles. The molecule has 0 aromatic carbocycles. The van der Waals surface area contributed by atoms with E-state index in [0.717, 1.165) is 12.3 Å². The fraction of sp³-hybridized carbons (Fsp3) is 0.562. The third kappa shape index (κ3) is 9.76. The Kier molecular flexibility index (Phi) is 8.99. The standard InChI is InChI=1S/C16H27/c1-6-9-15(4)12-8-13-16(5)11-7-10-14(2)3/h8-9,12-14H,1,6-7,10-11H2,2-5H3/b12-8+,15-9+,16-13+. The lowest BCUT2D eigenvalue weighted by Crippen LogP contribution is -1.87. The second-order valence-electron chi connectivity index (χ2n) is 4.90. The molecule has 0 aliphatic carbocycles. The molecule has 0 aromatic rings. The fourth-order valence-corrected chi connectivity index (χ4v) is 1.53. The highest BCUT2D eigenvalue weighted by atomic mass is 14.0. The smallest absolute Gasteiger partial charge is 0.0320 e. The molecule has 0 unspecified atom stereocenters. The van der Waals surface area contributed by atoms with E-state index >= 15 is 0 Å². The van der Waals surface area contributed by atoms with Crippen LogP contribution in [0.3, 0.4) is 0 Å². The third-order valence-corrected chi connectivity index (χ3v) is 2.56. The summed E-state index contributed by atoms with van der Waals surface area (Å²) in [5.41, 5.74) is 2.76. The Hall–Kier alpha value is -0.780. The van der Waals surface area contributed by atoms with E-state index in [0.29, 0.717) is 0 Å². The van der Waals surface area contributed by atoms with Crippen LogP contribution in [0.1, 0.15) is 53.4 Å². The van der Waals surface area contributed by atoms with Crippen LogP contribution in [-0.2, 0) is 0 Å². The van der Waals surface area contributed by atoms with Crippen molar-refractivity contribution in [3.63, 3.8) is 0 Å². The van der Waals surface area contributed by atoms with Gasteiger partial charge in [0, 0.05) is 0 Å². The van der Waals surface area contributed by atoms with Crippen molar-refractivity contribution < 1.29 is 0 Å². The van der Waals surface area contributed by atoms with E-state index in [1.807, 2.05) is 0 Å². The minimum absolute atomic E-state index is 0.825. The lowest BCUT2D eigenvalue weighted by atomic mass is 10.0. The molecule has 1 radical (unpaired) electrons. The Bertz CT molecular complexity index is 251. The van der Waals surface area contributed by atoms with Crippen LogP contribution in [0.2, 0.25) is 0 Å². The number of hydrogen-bond acceptors (Lipinski definition) is 0. The molecule has 91 valence electrons. The zero-order valence-electron chi connectivity index (χ0n) is 11.4. The van der Waals surface area contributed by atoms with Crippen molar-refractivity contribution in [1.82, 2.24) is 0 Å². The van der Waals surface area contributed by atoms with Crippen molar-refractivity contribution in [1.29, 1.82) is 0 Å². The predicted octanol–water partition coefficient (Wildman–Crippen LogP) is 5.49. The zero-order chi connectivity index (χ0) is 12.4. The van der Waals surface area contributed by atoms with E-state index in [-0.39, 0.29) is 0 Å². The van der Waals surface area contributed by atoms with Gasteiger partial charge in [0.25, 0.3) is 0 Å². The summed E-state index contributed by atoms with van der Waals surface area (Å²) in [6, 6.07) is 0. The summed E-state index contributed by atoms with van der Waals surface area (Å²) in [5.74, 6) is 0.825. The second-order valence-corrected chi connectivity index (χ2v) is 4.90. The summed E-state index contributed by atoms with van der Waals surface area (Å²) < 4.78 is 0. The number of allylic oxidation sites excluding steroid dienone is 6. The number of rotatable bonds is 7. The molecule has 0 spiro atoms. The lowest BCUT2D eigenvalue weighted by Gasteiger charge is -2.03. The van der Waals surface area contributed by atoms with Crippen LogP contribution in [0.15, 0.2) is 35.5 Å². The van der Waals surface area contributed by atoms with Gasteiger partial charge in [0.1, 0.15) is 0 Å². The Balaban J connectivity index is 3.90. The van der Waals surface area contributed by atoms with Crippen LogP contribution in [0.5, 0.6) is 0 Å². The van der Waals surface area contributed by atoms with E-state index < -0.39 is 0 Å². The molecule has 0 N–H and O–H groups in total. The highest BCUT2D eigenvalue weighted by Gasteiger charge is 1.94. The second kappa shape index (κ2) is 9.45. The van der Waals surface area contributed by atoms with Crippen LogP contribution >= 0.6 is 0 Å². The maximum absolute atomic E-state index is 3.80. The molecule has 0 fully saturated rings. The summed E-state index contributed by atoms with van der Waals surface area (Å²) in [7, 11) is 0. The van der Waals surface area contributed by atoms with Crippen LogP contribution in [-0.4, -0.2) is 0 Å². The van der Waals surface area contributed by atoms with Gasteiger partial charge >= 0.3 is 0 Å². The van der Waals surface area contributed by atoms with E-state index in [4.69, 9.17) is 0 Å². The summed E-state index contributed by atoms with van der Waals surface area (Å²) in [6.07, 6.45) is 13.4. The van der Waals surface area contributed by atoms with Gasteiger partial charge in [-0.15, -0.1) is 0 Å². The average Bonchev–Trinajstić information content (AvgIpc) is 2.17. The Morgan fingerprint density at radius 2 is 1.94 bits per heavy atom. The van der Waals surface area contributed by atoms with Gasteiger partial charge in [-0.1, -0.05) is 55.7 Å². The van der Waals surface area contributed by atoms with Crippen LogP contribution in [0.25, 0.3) is 0 Å². The van der Waals surface area contributed by atoms with Crippen molar-refractivity contribution in [2.75, 3.05) is 0 Å². The largest absolute Gasteiger partial charge is 0.0816 e. The van der Waals surface area contributed by atoms with E-state index in [1.54, 1.807) is 0 Å². The normalized spacial score (nSPS) is 14.1. The molecule has 0 rings (SSSR count). The van der Waals surface area contributed by atoms with Gasteiger partial charge in [0.15, 0.2) is 0 Å². The van der Waals surface area contributed by atoms with E-state index in [9.17, 15) is 0 Å². The van der Waals surface area contributed by atoms with Crippen molar-refractivity contribution in [2.24, 2.45) is 5.92 Å². The Morgan fingerprint density at radius 3 is 2.50 bits per heavy atom. The molecule has 0 aliphatic rings. The van der Waals surface area contributed by atoms with Gasteiger partial charge in [0.2, 0.25) is 0 Å². The molecule has 0 saturated carbocycles. The van der Waals surface area contributed by atoms with E-state index in [1.165, 1.54) is 30.4 Å². The maximum Gasteiger partial charge on any atom is -0.0320 e. The minimum atomic E-state index is 0.825. The van der Waals surface area contributed by atoms with Gasteiger partial charge < -0.3 is 0 Å². The fourth-order valence-electron chi connectivity index (χ4n) is 1.53. The first-order valence-electron chi connectivity index (χ1n) is 6.36. The Labute approximate surface area is 102 Å². The van der Waals surface area contributed by atoms with Gasteiger partial charge in [-0.25, -0.2) is 0 Å². The summed E-state index contributed by atoms with van der Waals surface area (Å²) >= 11 is 0. The Morgan fingerprint density at radius 1 is 1.25 bits per heavy atom. The van der Waals surface area contributed by atoms with Crippen molar-refractivity contribution >= 4 is 0 Å². The zero-order valence-corrected chi connectivity index (χ0v) is 11.4. The molecule has 0 nitrogen and oxygen atoms in total. The molecule has 0 amide bonds. The van der Waals surface area contributed by atoms with Crippen molar-refractivity contribution in [3.05, 3.63) is 42.4 Å². The van der Waals surface area contributed by atoms with Crippen molar-refractivity contribution in [2.45, 2.75) is 53.4 Å². The summed E-state index contributed by atoms with van der Waals surface area (Å²) in [4.78, 5) is 0. The van der Waals surface area contributed by atoms with Crippen LogP contribution in [0.4, 0.5) is 0 Å². The molecule has 0 saturated heterocycles. The quantitative estimate of drug-likeness (QED) is 0.497. The highest BCUT2D eigenvalue weighted by Crippen LogP contribution is 2.11. The predicted molar refractivity (Wildman–Crippen MR) is 75.3 cm³/mol. The van der Waals surface area contributed by atoms with Gasteiger partial charge in [-0.05, 0) is 46.0 Å². The van der Waals surface area contributed by atoms with Crippen LogP contribution in [0, 0.1) is 12.8 Å². The SMILES string of the molecule is [CH2]C/C=C(C)/C=C/C=C(\C)CCCC(C)C. The molecule has 0 bridgehead atoms. The average molecular weight is 219 g/mol. The molecule has 0 aliphatic heterocycles. The lowest BCUT2D eigenvalue weighted by molar-refractivity contribution is 0.555. The summed E-state index contributed by atoms with van der Waals surface area (Å²) in [5, 5.41) is 0. The first kappa shape index (κ1) is 15.2. The first-order valence-corrected chi connectivity index (χ1v) is 6.36. The molecule has 0 heteroatoms. The molecule has 16 heavy (non-hydrogen) atoms. The monoisotopic (exact) mass is 219 g/mol. The molecular formula is C16H27. The van der Waals surface area contributed by atoms with Crippen LogP contribution < -0.4 is 0 Å². The summed E-state index contributed by atoms with van der Waals surface area (Å²) in [6.45, 7) is 12.7. The molecular weight excluding hydrogens is 192 g/mol. The van der Waals surface area contributed by atoms with Gasteiger partial charge in [-0.3, -0.25) is 0 Å².